The van der Waals surface area contributed by atoms with Gasteiger partial charge in [0.15, 0.2) is 0 Å². The molecule has 0 atom stereocenters. The number of fused-ring (bicyclic) bond motifs is 2. The molecular weight excluding hydrogens is 784 g/mol. The van der Waals surface area contributed by atoms with Crippen molar-refractivity contribution < 1.29 is 47.6 Å². The Kier molecular flexibility index (Phi) is 11.3. The van der Waals surface area contributed by atoms with Gasteiger partial charge in [0.25, 0.3) is 5.78 Å². The molecule has 0 amide bonds. The normalized spacial score (nSPS) is 12.6. The zero-order chi connectivity index (χ0) is 33.3. The van der Waals surface area contributed by atoms with Gasteiger partial charge < -0.3 is 9.52 Å². The number of rotatable bonds is 5. The molecule has 0 spiro atoms. The topological polar surface area (TPSA) is 63.3 Å². The van der Waals surface area contributed by atoms with Crippen LogP contribution in [0.1, 0.15) is 40.2 Å². The maximum Gasteiger partial charge on any atom is 0.454 e. The summed E-state index contributed by atoms with van der Waals surface area (Å²) < 4.78 is 40.9. The predicted molar refractivity (Wildman–Crippen MR) is 180 cm³/mol. The third-order valence-electron chi connectivity index (χ3n) is 7.44. The number of pyridine rings is 1. The van der Waals surface area contributed by atoms with E-state index < -0.39 is 31.7 Å². The Labute approximate surface area is 283 Å². The van der Waals surface area contributed by atoms with Gasteiger partial charge in [-0.05, 0) is 23.6 Å². The van der Waals surface area contributed by atoms with Crippen molar-refractivity contribution in [1.29, 1.82) is 0 Å². The maximum absolute atomic E-state index is 11.6. The van der Waals surface area contributed by atoms with Gasteiger partial charge in [0.1, 0.15) is 11.3 Å². The molecule has 0 saturated carbocycles. The number of ketones is 1. The smallest absolute Gasteiger partial charge is 0.454 e. The molecule has 0 aliphatic carbocycles. The molecule has 1 N–H and O–H groups in total. The van der Waals surface area contributed by atoms with Crippen LogP contribution in [0.15, 0.2) is 89.2 Å². The van der Waals surface area contributed by atoms with Crippen molar-refractivity contribution in [2.75, 3.05) is 0 Å². The zero-order valence-electron chi connectivity index (χ0n) is 27.3. The number of aromatic nitrogens is 1. The minimum Gasteiger partial charge on any atom is -0.512 e. The van der Waals surface area contributed by atoms with Crippen LogP contribution < -0.4 is 5.19 Å². The number of hydrogen-bond acceptors (Lipinski definition) is 4. The van der Waals surface area contributed by atoms with Crippen molar-refractivity contribution in [2.45, 2.75) is 65.9 Å². The van der Waals surface area contributed by atoms with Crippen molar-refractivity contribution in [3.63, 3.8) is 0 Å². The molecule has 4 nitrogen and oxygen atoms in total. The average molecular weight is 823 g/mol. The van der Waals surface area contributed by atoms with Gasteiger partial charge in [-0.2, -0.15) is 13.2 Å². The van der Waals surface area contributed by atoms with E-state index in [9.17, 15) is 18.0 Å². The first kappa shape index (κ1) is 36.9. The number of hydrogen-bond donors (Lipinski definition) is 1. The van der Waals surface area contributed by atoms with E-state index >= 15 is 0 Å². The molecule has 0 saturated heterocycles. The number of carbonyl (C=O) groups is 1. The SMILES string of the molecule is CC(C)(C)c1cc(-c2cc(-c3cc4cc([Si](C)(C)C)ccc4o3)ccn2)[c-]c2ccccc12.CC(C)/C(O)=C/C(=O)C(F)(F)F.[Ir]. The van der Waals surface area contributed by atoms with E-state index in [1.54, 1.807) is 0 Å². The molecule has 0 unspecified atom stereocenters. The quantitative estimate of drug-likeness (QED) is 0.0830. The second kappa shape index (κ2) is 14.1. The Hall–Kier alpha value is -3.52. The second-order valence-corrected chi connectivity index (χ2v) is 18.6. The third-order valence-corrected chi connectivity index (χ3v) is 9.48. The summed E-state index contributed by atoms with van der Waals surface area (Å²) in [6, 6.07) is 27.2. The molecule has 1 radical (unpaired) electrons. The van der Waals surface area contributed by atoms with Gasteiger partial charge in [0, 0.05) is 54.9 Å². The summed E-state index contributed by atoms with van der Waals surface area (Å²) in [6.07, 6.45) is -2.83. The van der Waals surface area contributed by atoms with Crippen LogP contribution in [0, 0.1) is 12.0 Å². The van der Waals surface area contributed by atoms with Crippen LogP contribution in [0.3, 0.4) is 0 Å². The van der Waals surface area contributed by atoms with Crippen LogP contribution in [-0.2, 0) is 30.3 Å². The minimum absolute atomic E-state index is 0. The Morgan fingerprint density at radius 3 is 2.26 bits per heavy atom. The molecule has 5 rings (SSSR count). The standard InChI is InChI=1S/C30H30NOSi.C7H9F3O2.Ir/c1-30(2,3)26-17-22(15-20-9-7-8-10-25(20)26)27-18-21(13-14-31-27)29-19-23-16-24(33(4,5)6)11-12-28(23)32-29;1-4(2)5(11)3-6(12)7(8,9)10;/h7-14,16-19H,1-6H3;3-4,11H,1-2H3;/q-1;;/b;5-3-;. The Morgan fingerprint density at radius 2 is 1.65 bits per heavy atom. The molecule has 5 aromatic rings. The summed E-state index contributed by atoms with van der Waals surface area (Å²) in [5, 5.41) is 13.8. The van der Waals surface area contributed by atoms with Gasteiger partial charge in [0.05, 0.1) is 13.8 Å². The first-order valence-electron chi connectivity index (χ1n) is 14.8. The Balaban J connectivity index is 0.000000380. The van der Waals surface area contributed by atoms with E-state index in [-0.39, 0.29) is 31.6 Å². The number of halogens is 3. The van der Waals surface area contributed by atoms with E-state index in [0.717, 1.165) is 38.9 Å². The summed E-state index contributed by atoms with van der Waals surface area (Å²) in [6.45, 7) is 16.8. The van der Waals surface area contributed by atoms with Crippen molar-refractivity contribution in [3.05, 3.63) is 96.4 Å². The number of furan rings is 1. The van der Waals surface area contributed by atoms with Gasteiger partial charge in [0.2, 0.25) is 0 Å². The molecular formula is C37H39F3IrNO3Si-. The monoisotopic (exact) mass is 823 g/mol. The van der Waals surface area contributed by atoms with E-state index in [4.69, 9.17) is 14.5 Å². The fraction of sp³-hybridized carbons (Fsp3) is 0.297. The first-order valence-corrected chi connectivity index (χ1v) is 18.3. The minimum atomic E-state index is -4.90. The van der Waals surface area contributed by atoms with Gasteiger partial charge in [-0.1, -0.05) is 107 Å². The van der Waals surface area contributed by atoms with Crippen molar-refractivity contribution in [2.24, 2.45) is 5.92 Å². The number of carbonyl (C=O) groups excluding carboxylic acids is 1. The van der Waals surface area contributed by atoms with E-state index in [1.165, 1.54) is 30.0 Å². The molecule has 9 heteroatoms. The molecule has 0 fully saturated rings. The van der Waals surface area contributed by atoms with Crippen LogP contribution in [0.4, 0.5) is 13.2 Å². The maximum atomic E-state index is 11.6. The molecule has 2 heterocycles. The van der Waals surface area contributed by atoms with Gasteiger partial charge in [-0.25, -0.2) is 0 Å². The van der Waals surface area contributed by atoms with Crippen molar-refractivity contribution in [3.8, 4) is 22.6 Å². The molecule has 2 aromatic heterocycles. The van der Waals surface area contributed by atoms with Gasteiger partial charge >= 0.3 is 6.18 Å². The average Bonchev–Trinajstić information content (AvgIpc) is 3.39. The van der Waals surface area contributed by atoms with E-state index in [2.05, 4.69) is 107 Å². The fourth-order valence-corrected chi connectivity index (χ4v) is 5.93. The number of aliphatic hydroxyl groups excluding tert-OH is 1. The van der Waals surface area contributed by atoms with E-state index in [0.29, 0.717) is 0 Å². The second-order valence-electron chi connectivity index (χ2n) is 13.5. The van der Waals surface area contributed by atoms with Crippen LogP contribution in [-0.4, -0.2) is 30.1 Å². The van der Waals surface area contributed by atoms with Crippen LogP contribution >= 0.6 is 0 Å². The number of nitrogens with zero attached hydrogens (tertiary/aromatic N) is 1. The summed E-state index contributed by atoms with van der Waals surface area (Å²) in [4.78, 5) is 14.9. The van der Waals surface area contributed by atoms with Crippen LogP contribution in [0.2, 0.25) is 19.6 Å². The number of aliphatic hydroxyl groups is 1. The largest absolute Gasteiger partial charge is 0.512 e. The third kappa shape index (κ3) is 8.84. The van der Waals surface area contributed by atoms with Gasteiger partial charge in [-0.3, -0.25) is 9.78 Å². The zero-order valence-corrected chi connectivity index (χ0v) is 30.7. The number of alkyl halides is 3. The fourth-order valence-electron chi connectivity index (χ4n) is 4.75. The first-order chi connectivity index (χ1) is 20.8. The van der Waals surface area contributed by atoms with E-state index in [1.807, 2.05) is 12.3 Å². The summed E-state index contributed by atoms with van der Waals surface area (Å²) in [7, 11) is -1.37. The molecule has 3 aromatic carbocycles. The molecule has 46 heavy (non-hydrogen) atoms. The number of benzene rings is 3. The van der Waals surface area contributed by atoms with Crippen molar-refractivity contribution in [1.82, 2.24) is 4.98 Å². The molecule has 0 aliphatic heterocycles. The Bertz CT molecular complexity index is 1880. The van der Waals surface area contributed by atoms with Crippen LogP contribution in [0.5, 0.6) is 0 Å². The van der Waals surface area contributed by atoms with Crippen molar-refractivity contribution >= 4 is 40.8 Å². The Morgan fingerprint density at radius 1 is 0.978 bits per heavy atom. The molecule has 0 aliphatic rings. The number of allylic oxidation sites excluding steroid dienone is 2. The van der Waals surface area contributed by atoms with Crippen LogP contribution in [0.25, 0.3) is 44.3 Å². The summed E-state index contributed by atoms with van der Waals surface area (Å²) >= 11 is 0. The predicted octanol–water partition coefficient (Wildman–Crippen LogP) is 10.2. The molecule has 245 valence electrons. The summed E-state index contributed by atoms with van der Waals surface area (Å²) in [5.41, 5.74) is 5.21. The van der Waals surface area contributed by atoms with Gasteiger partial charge in [-0.15, -0.1) is 29.1 Å². The summed E-state index contributed by atoms with van der Waals surface area (Å²) in [5.74, 6) is -2.19. The molecule has 0 bridgehead atoms.